The van der Waals surface area contributed by atoms with Gasteiger partial charge in [-0.15, -0.1) is 6.58 Å². The third-order valence-electron chi connectivity index (χ3n) is 17.2. The normalized spacial score (nSPS) is 17.3. The Kier molecular flexibility index (Phi) is 18.2. The lowest BCUT2D eigenvalue weighted by molar-refractivity contribution is -0.0317. The number of methoxy groups -OCH3 is 2. The molecule has 12 rings (SSSR count). The minimum atomic E-state index is -0.00445. The maximum atomic E-state index is 7.02. The highest BCUT2D eigenvalue weighted by molar-refractivity contribution is 5.77. The van der Waals surface area contributed by atoms with Crippen LogP contribution in [0.4, 0.5) is 0 Å². The number of morpholine rings is 1. The first kappa shape index (κ1) is 56.8. The van der Waals surface area contributed by atoms with Gasteiger partial charge in [-0.2, -0.15) is 0 Å². The largest absolute Gasteiger partial charge is 0.497 e. The molecule has 0 amide bonds. The fourth-order valence-corrected chi connectivity index (χ4v) is 13.0. The third kappa shape index (κ3) is 13.1. The molecule has 0 bridgehead atoms. The van der Waals surface area contributed by atoms with Gasteiger partial charge >= 0.3 is 0 Å². The summed E-state index contributed by atoms with van der Waals surface area (Å²) in [6, 6.07) is 44.1. The maximum Gasteiger partial charge on any atom is 0.164 e. The standard InChI is InChI=1S/C69H81N9O6/c1-5-17-51-42-57(53-20-16-33-74(45-53)48-66-71-59-22-8-10-24-61(59)76(66)35-39-81-55-29-27-54(79-3)28-30-55)69(64(43-51)80-4)84-41-37-78-63-26-12-9-23-60(63)72-67(78)49-75-34-38-82-56(46-75)44-52-19-15-18-50(2)68(52)83-40-36-77-62-25-11-7-21-58(62)70-65(77)47-73-31-13-6-14-32-73/h5,7-12,15,18-19,21-30,42-43,53,56H,1,6,13-14,16-17,20,31-41,44-49H2,2-4H3. The summed E-state index contributed by atoms with van der Waals surface area (Å²) < 4.78 is 45.2. The van der Waals surface area contributed by atoms with E-state index < -0.39 is 0 Å². The van der Waals surface area contributed by atoms with Crippen LogP contribution in [0, 0.1) is 6.92 Å². The Balaban J connectivity index is 0.713. The van der Waals surface area contributed by atoms with Gasteiger partial charge in [-0.05, 0) is 142 Å². The van der Waals surface area contributed by atoms with Crippen LogP contribution in [0.25, 0.3) is 33.1 Å². The molecular weight excluding hydrogens is 1050 g/mol. The highest BCUT2D eigenvalue weighted by Gasteiger charge is 2.29. The Bertz CT molecular complexity index is 3660. The summed E-state index contributed by atoms with van der Waals surface area (Å²) in [4.78, 5) is 23.2. The molecule has 15 heteroatoms. The van der Waals surface area contributed by atoms with Crippen molar-refractivity contribution in [3.63, 3.8) is 0 Å². The van der Waals surface area contributed by atoms with Crippen LogP contribution in [0.2, 0.25) is 0 Å². The number of ether oxygens (including phenoxy) is 6. The second-order valence-electron chi connectivity index (χ2n) is 22.8. The molecule has 3 aromatic heterocycles. The van der Waals surface area contributed by atoms with Crippen molar-refractivity contribution in [2.24, 2.45) is 0 Å². The van der Waals surface area contributed by atoms with Crippen molar-refractivity contribution in [3.05, 3.63) is 180 Å². The van der Waals surface area contributed by atoms with E-state index in [2.05, 4.69) is 145 Å². The molecule has 6 heterocycles. The summed E-state index contributed by atoms with van der Waals surface area (Å²) in [7, 11) is 3.42. The smallest absolute Gasteiger partial charge is 0.164 e. The molecule has 3 fully saturated rings. The predicted octanol–water partition coefficient (Wildman–Crippen LogP) is 11.8. The van der Waals surface area contributed by atoms with Crippen LogP contribution in [0.15, 0.2) is 140 Å². The van der Waals surface area contributed by atoms with Crippen LogP contribution in [0.1, 0.15) is 77.7 Å². The molecule has 438 valence electrons. The number of piperidine rings is 2. The first-order valence-corrected chi connectivity index (χ1v) is 30.4. The van der Waals surface area contributed by atoms with E-state index in [1.807, 2.05) is 30.3 Å². The number of likely N-dealkylation sites (tertiary alicyclic amines) is 2. The van der Waals surface area contributed by atoms with Crippen LogP contribution < -0.4 is 23.7 Å². The molecule has 2 atom stereocenters. The second kappa shape index (κ2) is 26.9. The van der Waals surface area contributed by atoms with Gasteiger partial charge in [0.2, 0.25) is 0 Å². The minimum absolute atomic E-state index is 0.00445. The zero-order valence-electron chi connectivity index (χ0n) is 49.3. The highest BCUT2D eigenvalue weighted by Crippen LogP contribution is 2.41. The van der Waals surface area contributed by atoms with Crippen LogP contribution >= 0.6 is 0 Å². The summed E-state index contributed by atoms with van der Waals surface area (Å²) in [5.74, 6) is 7.53. The summed E-state index contributed by atoms with van der Waals surface area (Å²) in [6.45, 7) is 18.4. The van der Waals surface area contributed by atoms with Crippen molar-refractivity contribution >= 4 is 33.1 Å². The first-order chi connectivity index (χ1) is 41.4. The number of nitrogens with zero attached hydrogens (tertiary/aromatic N) is 9. The Morgan fingerprint density at radius 3 is 1.73 bits per heavy atom. The number of aromatic nitrogens is 6. The van der Waals surface area contributed by atoms with Gasteiger partial charge in [0, 0.05) is 37.5 Å². The average Bonchev–Trinajstić information content (AvgIpc) is 4.28. The van der Waals surface area contributed by atoms with E-state index in [0.717, 1.165) is 175 Å². The molecule has 0 radical (unpaired) electrons. The van der Waals surface area contributed by atoms with Crippen molar-refractivity contribution in [2.45, 2.75) is 103 Å². The SMILES string of the molecule is C=CCc1cc(OC)c(OCCn2c(CN3CCOC(Cc4cccc(C)c4OCCn4c(CN5CCCCC5)nc5ccccc54)C3)nc3ccccc32)c(C2CCCN(Cc3nc4ccccc4n3CCOc3ccc(OC)cc3)C2)c1. The van der Waals surface area contributed by atoms with Gasteiger partial charge in [0.1, 0.15) is 54.5 Å². The topological polar surface area (TPSA) is 119 Å². The van der Waals surface area contributed by atoms with E-state index in [-0.39, 0.29) is 12.0 Å². The third-order valence-corrected chi connectivity index (χ3v) is 17.2. The van der Waals surface area contributed by atoms with E-state index >= 15 is 0 Å². The zero-order valence-corrected chi connectivity index (χ0v) is 49.3. The first-order valence-electron chi connectivity index (χ1n) is 30.4. The maximum absolute atomic E-state index is 7.02. The molecular formula is C69H81N9O6. The Hall–Kier alpha value is -7.69. The molecule has 0 N–H and O–H groups in total. The lowest BCUT2D eigenvalue weighted by Crippen LogP contribution is -2.43. The number of hydrogen-bond acceptors (Lipinski definition) is 12. The number of hydrogen-bond donors (Lipinski definition) is 0. The van der Waals surface area contributed by atoms with Gasteiger partial charge in [-0.3, -0.25) is 14.7 Å². The van der Waals surface area contributed by atoms with Crippen LogP contribution in [-0.2, 0) is 56.8 Å². The number of aryl methyl sites for hydroxylation is 1. The minimum Gasteiger partial charge on any atom is -0.497 e. The fraction of sp³-hybridized carbons (Fsp3) is 0.406. The molecule has 0 aliphatic carbocycles. The number of rotatable bonds is 25. The quantitative estimate of drug-likeness (QED) is 0.0507. The lowest BCUT2D eigenvalue weighted by atomic mass is 9.88. The molecule has 3 aliphatic rings. The Morgan fingerprint density at radius 2 is 1.12 bits per heavy atom. The molecule has 15 nitrogen and oxygen atoms in total. The van der Waals surface area contributed by atoms with Crippen molar-refractivity contribution in [2.75, 3.05) is 79.9 Å². The van der Waals surface area contributed by atoms with Crippen molar-refractivity contribution in [3.8, 4) is 28.7 Å². The molecule has 9 aromatic rings. The van der Waals surface area contributed by atoms with E-state index in [0.29, 0.717) is 46.1 Å². The van der Waals surface area contributed by atoms with Crippen LogP contribution in [-0.4, -0.2) is 129 Å². The van der Waals surface area contributed by atoms with Crippen molar-refractivity contribution in [1.29, 1.82) is 0 Å². The Morgan fingerprint density at radius 1 is 0.560 bits per heavy atom. The number of imidazole rings is 3. The molecule has 3 saturated heterocycles. The van der Waals surface area contributed by atoms with E-state index in [1.165, 1.54) is 30.4 Å². The van der Waals surface area contributed by atoms with Crippen molar-refractivity contribution < 1.29 is 28.4 Å². The number of para-hydroxylation sites is 7. The summed E-state index contributed by atoms with van der Waals surface area (Å²) in [5, 5.41) is 0. The molecule has 0 saturated carbocycles. The molecule has 3 aliphatic heterocycles. The average molecular weight is 1130 g/mol. The molecule has 0 spiro atoms. The van der Waals surface area contributed by atoms with Crippen molar-refractivity contribution in [1.82, 2.24) is 43.4 Å². The summed E-state index contributed by atoms with van der Waals surface area (Å²) >= 11 is 0. The molecule has 2 unspecified atom stereocenters. The van der Waals surface area contributed by atoms with Gasteiger partial charge in [0.05, 0.1) is 99.3 Å². The fourth-order valence-electron chi connectivity index (χ4n) is 13.0. The van der Waals surface area contributed by atoms with Gasteiger partial charge in [0.15, 0.2) is 11.5 Å². The zero-order chi connectivity index (χ0) is 57.2. The lowest BCUT2D eigenvalue weighted by Gasteiger charge is -2.34. The second-order valence-corrected chi connectivity index (χ2v) is 22.8. The van der Waals surface area contributed by atoms with E-state index in [4.69, 9.17) is 43.4 Å². The van der Waals surface area contributed by atoms with Gasteiger partial charge in [-0.1, -0.05) is 73.2 Å². The van der Waals surface area contributed by atoms with Crippen LogP contribution in [0.3, 0.4) is 0 Å². The summed E-state index contributed by atoms with van der Waals surface area (Å²) in [5.41, 5.74) is 11.0. The Labute approximate surface area is 494 Å². The highest BCUT2D eigenvalue weighted by atomic mass is 16.5. The van der Waals surface area contributed by atoms with Gasteiger partial charge in [0.25, 0.3) is 0 Å². The number of allylic oxidation sites excluding steroid dienone is 1. The summed E-state index contributed by atoms with van der Waals surface area (Å²) in [6.07, 6.45) is 9.37. The number of benzene rings is 6. The number of fused-ring (bicyclic) bond motifs is 3. The van der Waals surface area contributed by atoms with Crippen LogP contribution in [0.5, 0.6) is 28.7 Å². The van der Waals surface area contributed by atoms with E-state index in [9.17, 15) is 0 Å². The van der Waals surface area contributed by atoms with E-state index in [1.54, 1.807) is 14.2 Å². The van der Waals surface area contributed by atoms with Gasteiger partial charge < -0.3 is 42.1 Å². The molecule has 6 aromatic carbocycles. The predicted molar refractivity (Wildman–Crippen MR) is 332 cm³/mol. The molecule has 84 heavy (non-hydrogen) atoms. The monoisotopic (exact) mass is 1130 g/mol. The van der Waals surface area contributed by atoms with Gasteiger partial charge in [-0.25, -0.2) is 15.0 Å².